The van der Waals surface area contributed by atoms with Crippen LogP contribution in [-0.4, -0.2) is 152 Å². The molecule has 0 aliphatic carbocycles. The fourth-order valence-corrected chi connectivity index (χ4v) is 3.99. The van der Waals surface area contributed by atoms with Crippen molar-refractivity contribution >= 4 is 0 Å². The Balaban J connectivity index is 1.60. The molecule has 12 heteroatoms. The predicted octanol–water partition coefficient (Wildman–Crippen LogP) is 4.36. The second kappa shape index (κ2) is 40.2. The van der Waals surface area contributed by atoms with Crippen LogP contribution >= 0.6 is 0 Å². The lowest BCUT2D eigenvalue weighted by atomic mass is 10.2. The molecular weight excluding hydrogens is 624 g/mol. The number of rotatable bonds is 41. The van der Waals surface area contributed by atoms with Gasteiger partial charge in [0.15, 0.2) is 0 Å². The Bertz CT molecular complexity index is 715. The molecule has 0 saturated carbocycles. The first kappa shape index (κ1) is 44.8. The topological polar surface area (TPSA) is 111 Å². The highest BCUT2D eigenvalue weighted by atomic mass is 16.6. The van der Waals surface area contributed by atoms with Gasteiger partial charge in [-0.1, -0.05) is 62.9 Å². The van der Waals surface area contributed by atoms with Gasteiger partial charge >= 0.3 is 0 Å². The third kappa shape index (κ3) is 36.0. The number of hydrogen-bond acceptors (Lipinski definition) is 12. The molecule has 0 radical (unpaired) electrons. The molecule has 0 unspecified atom stereocenters. The van der Waals surface area contributed by atoms with E-state index >= 15 is 0 Å². The molecule has 0 saturated heterocycles. The molecule has 1 rings (SSSR count). The summed E-state index contributed by atoms with van der Waals surface area (Å²) in [5.74, 6) is 0. The molecule has 0 aromatic heterocycles. The van der Waals surface area contributed by atoms with E-state index in [2.05, 4.69) is 6.92 Å². The van der Waals surface area contributed by atoms with E-state index in [-0.39, 0.29) is 0 Å². The molecule has 282 valence electrons. The van der Waals surface area contributed by atoms with Crippen molar-refractivity contribution in [2.75, 3.05) is 152 Å². The van der Waals surface area contributed by atoms with E-state index in [4.69, 9.17) is 56.8 Å². The minimum absolute atomic E-state index is 0.516. The summed E-state index contributed by atoms with van der Waals surface area (Å²) in [7, 11) is 0. The highest BCUT2D eigenvalue weighted by Crippen LogP contribution is 2.02. The zero-order valence-electron chi connectivity index (χ0n) is 29.8. The maximum absolute atomic E-state index is 5.57. The normalized spacial score (nSPS) is 11.5. The molecule has 0 fully saturated rings. The van der Waals surface area contributed by atoms with Gasteiger partial charge in [-0.15, -0.1) is 0 Å². The Labute approximate surface area is 290 Å². The van der Waals surface area contributed by atoms with Crippen LogP contribution in [0.25, 0.3) is 0 Å². The average molecular weight is 691 g/mol. The van der Waals surface area contributed by atoms with Crippen LogP contribution < -0.4 is 0 Å². The van der Waals surface area contributed by atoms with Crippen molar-refractivity contribution in [3.8, 4) is 0 Å². The lowest BCUT2D eigenvalue weighted by Gasteiger charge is -2.09. The lowest BCUT2D eigenvalue weighted by Crippen LogP contribution is -2.15. The third-order valence-electron chi connectivity index (χ3n) is 6.60. The number of unbranched alkanes of at least 4 members (excludes halogenated alkanes) is 4. The molecule has 0 heterocycles. The first-order valence-electron chi connectivity index (χ1n) is 17.9. The first-order chi connectivity index (χ1) is 23.9. The second-order valence-electron chi connectivity index (χ2n) is 10.7. The Hall–Kier alpha value is -1.26. The van der Waals surface area contributed by atoms with Crippen LogP contribution in [0.2, 0.25) is 0 Å². The van der Waals surface area contributed by atoms with Crippen LogP contribution in [-0.2, 0) is 63.4 Å². The monoisotopic (exact) mass is 690 g/mol. The third-order valence-corrected chi connectivity index (χ3v) is 6.60. The summed E-state index contributed by atoms with van der Waals surface area (Å²) in [6.07, 6.45) is 6.28. The standard InChI is InChI=1S/C36H66O12/c1-2-3-4-5-9-12-37-13-14-38-15-16-39-17-18-40-19-20-41-21-22-42-23-24-43-25-26-44-27-28-45-29-30-46-31-32-47-33-34-48-35-36-10-7-6-8-11-36/h6-8,10-11H,2-5,9,12-35H2,1H3. The van der Waals surface area contributed by atoms with Crippen LogP contribution in [0, 0.1) is 0 Å². The van der Waals surface area contributed by atoms with Crippen LogP contribution in [0.5, 0.6) is 0 Å². The molecular formula is C36H66O12. The van der Waals surface area contributed by atoms with Gasteiger partial charge in [0.1, 0.15) is 0 Å². The quantitative estimate of drug-likeness (QED) is 0.0911. The number of hydrogen-bond donors (Lipinski definition) is 0. The molecule has 0 bridgehead atoms. The fraction of sp³-hybridized carbons (Fsp3) is 0.833. The maximum atomic E-state index is 5.57. The fourth-order valence-electron chi connectivity index (χ4n) is 3.99. The molecule has 0 amide bonds. The molecule has 0 aliphatic rings. The van der Waals surface area contributed by atoms with E-state index < -0.39 is 0 Å². The van der Waals surface area contributed by atoms with Gasteiger partial charge in [-0.3, -0.25) is 0 Å². The summed E-state index contributed by atoms with van der Waals surface area (Å²) in [5.41, 5.74) is 1.16. The van der Waals surface area contributed by atoms with Crippen molar-refractivity contribution in [3.05, 3.63) is 35.9 Å². The van der Waals surface area contributed by atoms with E-state index in [9.17, 15) is 0 Å². The molecule has 0 spiro atoms. The zero-order chi connectivity index (χ0) is 34.1. The van der Waals surface area contributed by atoms with Gasteiger partial charge < -0.3 is 56.8 Å². The highest BCUT2D eigenvalue weighted by molar-refractivity contribution is 5.13. The Morgan fingerprint density at radius 1 is 0.292 bits per heavy atom. The molecule has 0 aliphatic heterocycles. The van der Waals surface area contributed by atoms with Crippen molar-refractivity contribution in [1.29, 1.82) is 0 Å². The van der Waals surface area contributed by atoms with Crippen LogP contribution in [0.4, 0.5) is 0 Å². The van der Waals surface area contributed by atoms with Crippen LogP contribution in [0.1, 0.15) is 44.6 Å². The highest BCUT2D eigenvalue weighted by Gasteiger charge is 1.97. The van der Waals surface area contributed by atoms with E-state index in [1.54, 1.807) is 0 Å². The van der Waals surface area contributed by atoms with E-state index in [1.165, 1.54) is 25.7 Å². The lowest BCUT2D eigenvalue weighted by molar-refractivity contribution is -0.0285. The Kier molecular flexibility index (Phi) is 37.5. The van der Waals surface area contributed by atoms with Crippen molar-refractivity contribution < 1.29 is 56.8 Å². The van der Waals surface area contributed by atoms with E-state index in [0.717, 1.165) is 18.6 Å². The smallest absolute Gasteiger partial charge is 0.0718 e. The summed E-state index contributed by atoms with van der Waals surface area (Å²) in [6.45, 7) is 15.6. The number of benzene rings is 1. The maximum Gasteiger partial charge on any atom is 0.0718 e. The summed E-state index contributed by atoms with van der Waals surface area (Å²) in [4.78, 5) is 0. The molecule has 1 aromatic carbocycles. The van der Waals surface area contributed by atoms with Crippen LogP contribution in [0.3, 0.4) is 0 Å². The Morgan fingerprint density at radius 3 is 0.875 bits per heavy atom. The SMILES string of the molecule is CCCCCCCOCCOCCOCCOCCOCCOCCOCCOCCOCCOCCOCCOCc1ccccc1. The minimum Gasteiger partial charge on any atom is -0.379 e. The van der Waals surface area contributed by atoms with E-state index in [1.807, 2.05) is 30.3 Å². The predicted molar refractivity (Wildman–Crippen MR) is 184 cm³/mol. The van der Waals surface area contributed by atoms with Gasteiger partial charge in [-0.05, 0) is 12.0 Å². The summed E-state index contributed by atoms with van der Waals surface area (Å²) in [5, 5.41) is 0. The molecule has 0 N–H and O–H groups in total. The van der Waals surface area contributed by atoms with Gasteiger partial charge in [0.25, 0.3) is 0 Å². The van der Waals surface area contributed by atoms with Gasteiger partial charge in [-0.25, -0.2) is 0 Å². The minimum atomic E-state index is 0.516. The molecule has 1 aromatic rings. The van der Waals surface area contributed by atoms with Gasteiger partial charge in [0.2, 0.25) is 0 Å². The van der Waals surface area contributed by atoms with Gasteiger partial charge in [0.05, 0.1) is 152 Å². The van der Waals surface area contributed by atoms with Crippen LogP contribution in [0.15, 0.2) is 30.3 Å². The largest absolute Gasteiger partial charge is 0.379 e. The van der Waals surface area contributed by atoms with E-state index in [0.29, 0.717) is 152 Å². The van der Waals surface area contributed by atoms with Gasteiger partial charge in [0, 0.05) is 6.61 Å². The summed E-state index contributed by atoms with van der Waals surface area (Å²) >= 11 is 0. The molecule has 48 heavy (non-hydrogen) atoms. The second-order valence-corrected chi connectivity index (χ2v) is 10.7. The first-order valence-corrected chi connectivity index (χ1v) is 17.9. The number of ether oxygens (including phenoxy) is 12. The molecule has 12 nitrogen and oxygen atoms in total. The van der Waals surface area contributed by atoms with Crippen molar-refractivity contribution in [3.63, 3.8) is 0 Å². The van der Waals surface area contributed by atoms with Gasteiger partial charge in [-0.2, -0.15) is 0 Å². The van der Waals surface area contributed by atoms with Crippen molar-refractivity contribution in [1.82, 2.24) is 0 Å². The Morgan fingerprint density at radius 2 is 0.562 bits per heavy atom. The van der Waals surface area contributed by atoms with Crippen molar-refractivity contribution in [2.24, 2.45) is 0 Å². The zero-order valence-corrected chi connectivity index (χ0v) is 29.8. The summed E-state index contributed by atoms with van der Waals surface area (Å²) in [6, 6.07) is 10.1. The molecule has 0 atom stereocenters. The summed E-state index contributed by atoms with van der Waals surface area (Å²) < 4.78 is 66.1. The average Bonchev–Trinajstić information content (AvgIpc) is 3.11. The van der Waals surface area contributed by atoms with Crippen molar-refractivity contribution in [2.45, 2.75) is 45.6 Å².